The Bertz CT molecular complexity index is 2850. The summed E-state index contributed by atoms with van der Waals surface area (Å²) in [7, 11) is 0. The van der Waals surface area contributed by atoms with Gasteiger partial charge in [0.25, 0.3) is 0 Å². The van der Waals surface area contributed by atoms with Crippen LogP contribution in [0.1, 0.15) is 21.6 Å². The summed E-state index contributed by atoms with van der Waals surface area (Å²) in [5, 5.41) is 3.77. The summed E-state index contributed by atoms with van der Waals surface area (Å²) in [6.45, 7) is 0. The Morgan fingerprint density at radius 2 is 1.06 bits per heavy atom. The van der Waals surface area contributed by atoms with Crippen molar-refractivity contribution in [3.05, 3.63) is 192 Å². The molecule has 2 aromatic heterocycles. The van der Waals surface area contributed by atoms with Gasteiger partial charge < -0.3 is 0 Å². The van der Waals surface area contributed by atoms with Crippen molar-refractivity contribution in [2.45, 2.75) is 5.41 Å². The standard InChI is InChI=1S/C47H28N2S/c1-2-12-30-25-32(22-21-29(30)11-1)42-27-43(49-28-48-42)36-15-4-3-13-33(36)31-23-24-35-34-14-5-8-18-39(34)47(41(35)26-31)40-19-9-6-16-37(40)45-38-17-7-10-20-44(38)50-46(45)47/h1-28H. The predicted molar refractivity (Wildman–Crippen MR) is 208 cm³/mol. The molecule has 50 heavy (non-hydrogen) atoms. The van der Waals surface area contributed by atoms with Gasteiger partial charge in [-0.1, -0.05) is 140 Å². The molecule has 0 saturated heterocycles. The summed E-state index contributed by atoms with van der Waals surface area (Å²) in [5.41, 5.74) is 15.4. The zero-order valence-corrected chi connectivity index (χ0v) is 27.8. The molecule has 1 atom stereocenters. The number of rotatable bonds is 3. The minimum Gasteiger partial charge on any atom is -0.236 e. The first kappa shape index (κ1) is 27.8. The molecule has 0 aliphatic heterocycles. The molecular weight excluding hydrogens is 625 g/mol. The first-order valence-corrected chi connectivity index (χ1v) is 17.9. The molecule has 0 N–H and O–H groups in total. The molecule has 2 aliphatic rings. The lowest BCUT2D eigenvalue weighted by molar-refractivity contribution is 0.812. The highest BCUT2D eigenvalue weighted by molar-refractivity contribution is 7.20. The first-order chi connectivity index (χ1) is 24.8. The molecule has 2 heterocycles. The van der Waals surface area contributed by atoms with Crippen LogP contribution in [0.4, 0.5) is 0 Å². The Labute approximate surface area is 294 Å². The fourth-order valence-corrected chi connectivity index (χ4v) is 10.1. The molecular formula is C47H28N2S. The van der Waals surface area contributed by atoms with Gasteiger partial charge in [-0.25, -0.2) is 9.97 Å². The molecule has 7 aromatic carbocycles. The summed E-state index contributed by atoms with van der Waals surface area (Å²) in [6.07, 6.45) is 1.70. The van der Waals surface area contributed by atoms with Crippen LogP contribution >= 0.6 is 11.3 Å². The van der Waals surface area contributed by atoms with Gasteiger partial charge in [0.05, 0.1) is 16.8 Å². The average Bonchev–Trinajstić information content (AvgIpc) is 3.81. The van der Waals surface area contributed by atoms with Gasteiger partial charge in [0, 0.05) is 31.7 Å². The van der Waals surface area contributed by atoms with Crippen LogP contribution in [0.15, 0.2) is 170 Å². The van der Waals surface area contributed by atoms with E-state index >= 15 is 0 Å². The fraction of sp³-hybridized carbons (Fsp3) is 0.0213. The van der Waals surface area contributed by atoms with E-state index in [0.717, 1.165) is 28.1 Å². The van der Waals surface area contributed by atoms with Crippen LogP contribution in [0.5, 0.6) is 0 Å². The van der Waals surface area contributed by atoms with Gasteiger partial charge in [-0.3, -0.25) is 0 Å². The second-order valence-corrected chi connectivity index (χ2v) is 14.4. The molecule has 1 unspecified atom stereocenters. The summed E-state index contributed by atoms with van der Waals surface area (Å²) < 4.78 is 1.34. The third-order valence-corrected chi connectivity index (χ3v) is 12.1. The van der Waals surface area contributed by atoms with E-state index in [4.69, 9.17) is 9.97 Å². The van der Waals surface area contributed by atoms with Gasteiger partial charge in [0.15, 0.2) is 0 Å². The lowest BCUT2D eigenvalue weighted by Gasteiger charge is -2.29. The molecule has 2 aliphatic carbocycles. The van der Waals surface area contributed by atoms with E-state index in [0.29, 0.717) is 0 Å². The van der Waals surface area contributed by atoms with Crippen molar-refractivity contribution in [1.29, 1.82) is 0 Å². The highest BCUT2D eigenvalue weighted by Crippen LogP contribution is 2.66. The molecule has 0 radical (unpaired) electrons. The third kappa shape index (κ3) is 3.73. The van der Waals surface area contributed by atoms with E-state index in [1.54, 1.807) is 6.33 Å². The van der Waals surface area contributed by atoms with Crippen molar-refractivity contribution in [2.75, 3.05) is 0 Å². The number of hydrogen-bond donors (Lipinski definition) is 0. The van der Waals surface area contributed by atoms with E-state index in [1.807, 2.05) is 11.3 Å². The minimum atomic E-state index is -0.384. The minimum absolute atomic E-state index is 0.384. The second-order valence-electron chi connectivity index (χ2n) is 13.3. The lowest BCUT2D eigenvalue weighted by Crippen LogP contribution is -2.24. The number of hydrogen-bond acceptors (Lipinski definition) is 3. The quantitative estimate of drug-likeness (QED) is 0.190. The number of thiophene rings is 1. The molecule has 9 aromatic rings. The van der Waals surface area contributed by atoms with Gasteiger partial charge in [-0.15, -0.1) is 11.3 Å². The number of benzene rings is 7. The number of nitrogens with zero attached hydrogens (tertiary/aromatic N) is 2. The Morgan fingerprint density at radius 3 is 1.94 bits per heavy atom. The number of aromatic nitrogens is 2. The van der Waals surface area contributed by atoms with Crippen LogP contribution in [0.25, 0.3) is 76.8 Å². The van der Waals surface area contributed by atoms with Crippen molar-refractivity contribution >= 4 is 32.2 Å². The normalized spacial score (nSPS) is 15.3. The Morgan fingerprint density at radius 1 is 0.420 bits per heavy atom. The maximum absolute atomic E-state index is 4.83. The largest absolute Gasteiger partial charge is 0.236 e. The highest BCUT2D eigenvalue weighted by Gasteiger charge is 2.53. The molecule has 0 bridgehead atoms. The van der Waals surface area contributed by atoms with Gasteiger partial charge in [-0.05, 0) is 79.5 Å². The van der Waals surface area contributed by atoms with E-state index in [2.05, 4.69) is 164 Å². The second kappa shape index (κ2) is 10.4. The third-order valence-electron chi connectivity index (χ3n) is 10.8. The summed E-state index contributed by atoms with van der Waals surface area (Å²) in [6, 6.07) is 59.9. The van der Waals surface area contributed by atoms with Crippen molar-refractivity contribution in [3.63, 3.8) is 0 Å². The number of fused-ring (bicyclic) bond motifs is 13. The monoisotopic (exact) mass is 652 g/mol. The van der Waals surface area contributed by atoms with Gasteiger partial charge in [-0.2, -0.15) is 0 Å². The fourth-order valence-electron chi connectivity index (χ4n) is 8.68. The molecule has 11 rings (SSSR count). The molecule has 0 amide bonds. The van der Waals surface area contributed by atoms with Crippen LogP contribution < -0.4 is 0 Å². The molecule has 2 nitrogen and oxygen atoms in total. The first-order valence-electron chi connectivity index (χ1n) is 17.1. The predicted octanol–water partition coefficient (Wildman–Crippen LogP) is 12.2. The lowest BCUT2D eigenvalue weighted by atomic mass is 9.73. The van der Waals surface area contributed by atoms with Gasteiger partial charge in [0.1, 0.15) is 6.33 Å². The van der Waals surface area contributed by atoms with Crippen LogP contribution in [0.3, 0.4) is 0 Å². The topological polar surface area (TPSA) is 25.8 Å². The van der Waals surface area contributed by atoms with Crippen molar-refractivity contribution in [3.8, 4) is 55.9 Å². The Hall–Kier alpha value is -6.16. The zero-order valence-electron chi connectivity index (χ0n) is 27.0. The van der Waals surface area contributed by atoms with E-state index < -0.39 is 0 Å². The van der Waals surface area contributed by atoms with Crippen molar-refractivity contribution in [1.82, 2.24) is 9.97 Å². The zero-order chi connectivity index (χ0) is 32.8. The summed E-state index contributed by atoms with van der Waals surface area (Å²) in [4.78, 5) is 11.0. The van der Waals surface area contributed by atoms with E-state index in [9.17, 15) is 0 Å². The van der Waals surface area contributed by atoms with Gasteiger partial charge in [0.2, 0.25) is 0 Å². The van der Waals surface area contributed by atoms with Crippen LogP contribution in [0, 0.1) is 0 Å². The Balaban J connectivity index is 1.12. The molecule has 0 fully saturated rings. The van der Waals surface area contributed by atoms with Crippen molar-refractivity contribution < 1.29 is 0 Å². The molecule has 0 saturated carbocycles. The maximum Gasteiger partial charge on any atom is 0.116 e. The molecule has 3 heteroatoms. The Kier molecular flexibility index (Phi) is 5.78. The van der Waals surface area contributed by atoms with Gasteiger partial charge >= 0.3 is 0 Å². The summed E-state index contributed by atoms with van der Waals surface area (Å²) in [5.74, 6) is 0. The maximum atomic E-state index is 4.83. The molecule has 1 spiro atoms. The van der Waals surface area contributed by atoms with Crippen LogP contribution in [0.2, 0.25) is 0 Å². The summed E-state index contributed by atoms with van der Waals surface area (Å²) >= 11 is 1.95. The van der Waals surface area contributed by atoms with Crippen molar-refractivity contribution in [2.24, 2.45) is 0 Å². The van der Waals surface area contributed by atoms with E-state index in [-0.39, 0.29) is 5.41 Å². The highest BCUT2D eigenvalue weighted by atomic mass is 32.1. The SMILES string of the molecule is c1ccc(-c2cc(-c3ccc4ccccc4c3)ncn2)c(-c2ccc3c(c2)C2(c4ccccc4-3)c3ccccc3-c3c2sc2ccccc32)c1. The molecule has 232 valence electrons. The smallest absolute Gasteiger partial charge is 0.116 e. The van der Waals surface area contributed by atoms with Crippen LogP contribution in [-0.2, 0) is 5.41 Å². The average molecular weight is 653 g/mol. The van der Waals surface area contributed by atoms with E-state index in [1.165, 1.54) is 70.2 Å². The van der Waals surface area contributed by atoms with Crippen LogP contribution in [-0.4, -0.2) is 9.97 Å².